The molecule has 0 fully saturated rings. The number of halogens is 1. The third kappa shape index (κ3) is 3.54. The Morgan fingerprint density at radius 2 is 2.29 bits per heavy atom. The van der Waals surface area contributed by atoms with Gasteiger partial charge in [0, 0.05) is 0 Å². The normalized spacial score (nSPS) is 15.4. The Kier molecular flexibility index (Phi) is 2.70. The van der Waals surface area contributed by atoms with E-state index < -0.39 is 67.7 Å². The molecule has 0 amide bonds. The molecule has 7 nitrogen and oxygen atoms in total. The van der Waals surface area contributed by atoms with Gasteiger partial charge in [-0.3, -0.25) is 0 Å². The molecule has 1 heterocycles. The van der Waals surface area contributed by atoms with Crippen molar-refractivity contribution in [1.29, 1.82) is 0 Å². The van der Waals surface area contributed by atoms with Gasteiger partial charge in [0.1, 0.15) is 12.0 Å². The van der Waals surface area contributed by atoms with Crippen LogP contribution in [0.3, 0.4) is 0 Å². The van der Waals surface area contributed by atoms with E-state index in [-0.39, 0.29) is 0 Å². The van der Waals surface area contributed by atoms with Crippen molar-refractivity contribution in [2.75, 3.05) is 5.32 Å². The first-order valence-corrected chi connectivity index (χ1v) is 7.13. The number of hydrogen-bond acceptors (Lipinski definition) is 5. The van der Waals surface area contributed by atoms with E-state index in [0.29, 0.717) is 6.07 Å². The van der Waals surface area contributed by atoms with Crippen molar-refractivity contribution in [2.24, 2.45) is 5.14 Å². The van der Waals surface area contributed by atoms with E-state index in [9.17, 15) is 18.3 Å². The summed E-state index contributed by atoms with van der Waals surface area (Å²) < 4.78 is 65.9. The number of aromatic carboxylic acids is 1. The number of hydrogen-bond donors (Lipinski definition) is 3. The van der Waals surface area contributed by atoms with Gasteiger partial charge in [-0.05, 0) is 24.2 Å². The molecule has 0 bridgehead atoms. The summed E-state index contributed by atoms with van der Waals surface area (Å²) >= 11 is 5.79. The first-order valence-electron chi connectivity index (χ1n) is 7.70. The molecule has 2 aromatic rings. The number of benzene rings is 1. The number of carboxylic acids is 1. The molecule has 0 unspecified atom stereocenters. The molecule has 0 atom stereocenters. The summed E-state index contributed by atoms with van der Waals surface area (Å²) in [5, 5.41) is 15.9. The second-order valence-electron chi connectivity index (χ2n) is 3.71. The summed E-state index contributed by atoms with van der Waals surface area (Å²) in [6.07, 6.45) is -0.739. The lowest BCUT2D eigenvalue weighted by Crippen LogP contribution is -2.15. The predicted octanol–water partition coefficient (Wildman–Crippen LogP) is 1.89. The number of furan rings is 1. The van der Waals surface area contributed by atoms with Crippen molar-refractivity contribution >= 4 is 33.3 Å². The molecule has 0 aliphatic heterocycles. The van der Waals surface area contributed by atoms with Crippen molar-refractivity contribution in [3.63, 3.8) is 0 Å². The summed E-state index contributed by atoms with van der Waals surface area (Å²) in [6.45, 7) is -2.71. The van der Waals surface area contributed by atoms with Gasteiger partial charge in [0.05, 0.1) is 34.5 Å². The van der Waals surface area contributed by atoms with Crippen LogP contribution in [0.15, 0.2) is 39.8 Å². The summed E-state index contributed by atoms with van der Waals surface area (Å²) in [4.78, 5) is 10.7. The van der Waals surface area contributed by atoms with Crippen LogP contribution in [0.25, 0.3) is 0 Å². The van der Waals surface area contributed by atoms with Gasteiger partial charge in [-0.25, -0.2) is 18.4 Å². The zero-order valence-electron chi connectivity index (χ0n) is 15.1. The van der Waals surface area contributed by atoms with E-state index in [0.717, 1.165) is 6.07 Å². The number of sulfonamides is 1. The minimum atomic E-state index is -4.33. The Morgan fingerprint density at radius 3 is 2.81 bits per heavy atom. The van der Waals surface area contributed by atoms with Crippen molar-refractivity contribution < 1.29 is 29.6 Å². The van der Waals surface area contributed by atoms with Crippen LogP contribution in [-0.2, 0) is 16.5 Å². The summed E-state index contributed by atoms with van der Waals surface area (Å²) in [5.74, 6) is -2.33. The molecule has 0 aliphatic rings. The SMILES string of the molecule is [2H]c1oc(C([2H])([2H])Nc2cc(Cl)c(S(N)(=O)=O)cc2C(=O)O)c([2H])c1[2H]. The van der Waals surface area contributed by atoms with E-state index in [2.05, 4.69) is 5.32 Å². The van der Waals surface area contributed by atoms with Crippen molar-refractivity contribution in [2.45, 2.75) is 11.4 Å². The molecule has 0 aliphatic carbocycles. The Bertz CT molecular complexity index is 1010. The second kappa shape index (κ2) is 5.76. The average Bonchev–Trinajstić information content (AvgIpc) is 2.73. The Hall–Kier alpha value is -2.03. The molecule has 0 spiro atoms. The third-order valence-electron chi connectivity index (χ3n) is 2.30. The maximum atomic E-state index is 11.5. The zero-order chi connectivity index (χ0) is 20.0. The van der Waals surface area contributed by atoms with Crippen LogP contribution in [0.2, 0.25) is 5.02 Å². The zero-order valence-corrected chi connectivity index (χ0v) is 11.7. The van der Waals surface area contributed by atoms with Crippen molar-refractivity contribution in [3.05, 3.63) is 46.8 Å². The van der Waals surface area contributed by atoms with Gasteiger partial charge in [0.15, 0.2) is 0 Å². The van der Waals surface area contributed by atoms with Crippen LogP contribution in [0.1, 0.15) is 23.0 Å². The minimum absolute atomic E-state index is 0.422. The topological polar surface area (TPSA) is 123 Å². The molecule has 0 saturated heterocycles. The van der Waals surface area contributed by atoms with E-state index in [1.165, 1.54) is 0 Å². The molecular formula is C12H11ClN2O5S. The van der Waals surface area contributed by atoms with Gasteiger partial charge in [0.2, 0.25) is 10.0 Å². The molecule has 9 heteroatoms. The third-order valence-corrected chi connectivity index (χ3v) is 3.68. The Morgan fingerprint density at radius 1 is 1.57 bits per heavy atom. The van der Waals surface area contributed by atoms with E-state index in [1.54, 1.807) is 0 Å². The fraction of sp³-hybridized carbons (Fsp3) is 0.0833. The van der Waals surface area contributed by atoms with Crippen LogP contribution < -0.4 is 10.5 Å². The van der Waals surface area contributed by atoms with Crippen LogP contribution in [0.4, 0.5) is 5.69 Å². The maximum absolute atomic E-state index is 11.5. The smallest absolute Gasteiger partial charge is 0.337 e. The molecule has 0 saturated carbocycles. The van der Waals surface area contributed by atoms with Gasteiger partial charge in [-0.1, -0.05) is 11.6 Å². The van der Waals surface area contributed by atoms with E-state index >= 15 is 0 Å². The quantitative estimate of drug-likeness (QED) is 0.766. The Balaban J connectivity index is 2.59. The van der Waals surface area contributed by atoms with Crippen LogP contribution >= 0.6 is 11.6 Å². The summed E-state index contributed by atoms with van der Waals surface area (Å²) in [5.41, 5.74) is -1.08. The monoisotopic (exact) mass is 335 g/mol. The van der Waals surface area contributed by atoms with Gasteiger partial charge >= 0.3 is 5.97 Å². The molecular weight excluding hydrogens is 320 g/mol. The first-order chi connectivity index (χ1) is 11.8. The number of rotatable bonds is 5. The van der Waals surface area contributed by atoms with Gasteiger partial charge in [-0.15, -0.1) is 0 Å². The predicted molar refractivity (Wildman–Crippen MR) is 75.8 cm³/mol. The van der Waals surface area contributed by atoms with Gasteiger partial charge in [-0.2, -0.15) is 0 Å². The highest BCUT2D eigenvalue weighted by Gasteiger charge is 2.20. The fourth-order valence-corrected chi connectivity index (χ4v) is 2.52. The average molecular weight is 336 g/mol. The summed E-state index contributed by atoms with van der Waals surface area (Å²) in [6, 6.07) is 0.162. The molecule has 21 heavy (non-hydrogen) atoms. The lowest BCUT2D eigenvalue weighted by Gasteiger charge is -2.11. The maximum Gasteiger partial charge on any atom is 0.337 e. The highest BCUT2D eigenvalue weighted by atomic mass is 35.5. The van der Waals surface area contributed by atoms with Crippen LogP contribution in [-0.4, -0.2) is 19.5 Å². The number of carbonyl (C=O) groups is 1. The van der Waals surface area contributed by atoms with Crippen molar-refractivity contribution in [3.8, 4) is 0 Å². The minimum Gasteiger partial charge on any atom is -0.478 e. The molecule has 1 aromatic carbocycles. The molecule has 1 aromatic heterocycles. The highest BCUT2D eigenvalue weighted by molar-refractivity contribution is 7.89. The Labute approximate surface area is 132 Å². The van der Waals surface area contributed by atoms with Crippen LogP contribution in [0, 0.1) is 0 Å². The number of anilines is 1. The first kappa shape index (κ1) is 9.82. The summed E-state index contributed by atoms with van der Waals surface area (Å²) in [7, 11) is -4.33. The molecule has 112 valence electrons. The molecule has 0 radical (unpaired) electrons. The lowest BCUT2D eigenvalue weighted by molar-refractivity contribution is 0.0697. The van der Waals surface area contributed by atoms with Crippen LogP contribution in [0.5, 0.6) is 0 Å². The largest absolute Gasteiger partial charge is 0.478 e. The number of carboxylic acid groups (broad SMARTS) is 1. The fourth-order valence-electron chi connectivity index (χ4n) is 1.42. The van der Waals surface area contributed by atoms with Gasteiger partial charge < -0.3 is 14.8 Å². The number of nitrogens with one attached hydrogen (secondary N) is 1. The lowest BCUT2D eigenvalue weighted by atomic mass is 10.1. The second-order valence-corrected chi connectivity index (χ2v) is 5.65. The molecule has 2 rings (SSSR count). The molecule has 4 N–H and O–H groups in total. The number of primary sulfonamides is 1. The van der Waals surface area contributed by atoms with E-state index in [1.807, 2.05) is 0 Å². The highest BCUT2D eigenvalue weighted by Crippen LogP contribution is 2.28. The van der Waals surface area contributed by atoms with E-state index in [4.69, 9.17) is 28.0 Å². The number of nitrogens with two attached hydrogens (primary N) is 1. The standard InChI is InChI=1S/C12H11ClN2O5S/c13-9-5-10(15-6-7-2-1-3-20-7)8(12(16)17)4-11(9)21(14,18)19/h1-5,15H,6H2,(H,16,17)(H2,14,18,19)/i1D,2D,3D,6D2. The van der Waals surface area contributed by atoms with Gasteiger partial charge in [0.25, 0.3) is 0 Å². The van der Waals surface area contributed by atoms with Crippen molar-refractivity contribution in [1.82, 2.24) is 0 Å².